The molecule has 1 aliphatic heterocycles. The summed E-state index contributed by atoms with van der Waals surface area (Å²) in [5, 5.41) is 11.3. The maximum Gasteiger partial charge on any atom is 0.311 e. The summed E-state index contributed by atoms with van der Waals surface area (Å²) in [6.45, 7) is 4.39. The standard InChI is InChI=1S/C25H27N3O3.2ClH.H2O/c1-31-24-13-12-20(18-23(24)28(29)30)19-26-14-16-27(17-15-26)25(21-8-4-2-5-9-21)22-10-6-3-7-11-22;;;/h2-13,18,25H,14-17,19H2,1H3;2*1H;1H2. The number of piperazine rings is 1. The van der Waals surface area contributed by atoms with Crippen molar-refractivity contribution in [1.29, 1.82) is 0 Å². The molecular formula is C25H31Cl2N3O4. The second-order valence-corrected chi connectivity index (χ2v) is 7.80. The van der Waals surface area contributed by atoms with Crippen LogP contribution in [0.1, 0.15) is 22.7 Å². The molecule has 0 spiro atoms. The molecule has 34 heavy (non-hydrogen) atoms. The smallest absolute Gasteiger partial charge is 0.311 e. The summed E-state index contributed by atoms with van der Waals surface area (Å²) in [4.78, 5) is 15.8. The number of nitrogens with zero attached hydrogens (tertiary/aromatic N) is 3. The molecule has 0 atom stereocenters. The molecule has 0 aliphatic carbocycles. The summed E-state index contributed by atoms with van der Waals surface area (Å²) in [5.41, 5.74) is 3.55. The summed E-state index contributed by atoms with van der Waals surface area (Å²) in [7, 11) is 1.46. The van der Waals surface area contributed by atoms with Gasteiger partial charge in [-0.1, -0.05) is 66.7 Å². The van der Waals surface area contributed by atoms with Gasteiger partial charge in [0, 0.05) is 38.8 Å². The molecule has 7 nitrogen and oxygen atoms in total. The zero-order valence-corrected chi connectivity index (χ0v) is 20.6. The summed E-state index contributed by atoms with van der Waals surface area (Å²) in [5.74, 6) is 0.298. The lowest BCUT2D eigenvalue weighted by molar-refractivity contribution is -0.385. The van der Waals surface area contributed by atoms with Crippen molar-refractivity contribution >= 4 is 30.5 Å². The van der Waals surface area contributed by atoms with E-state index in [0.29, 0.717) is 12.3 Å². The van der Waals surface area contributed by atoms with Crippen LogP contribution in [0, 0.1) is 10.1 Å². The fourth-order valence-electron chi connectivity index (χ4n) is 4.30. The summed E-state index contributed by atoms with van der Waals surface area (Å²) < 4.78 is 5.11. The van der Waals surface area contributed by atoms with E-state index in [1.807, 2.05) is 6.07 Å². The highest BCUT2D eigenvalue weighted by Gasteiger charge is 2.26. The Morgan fingerprint density at radius 3 is 1.88 bits per heavy atom. The monoisotopic (exact) mass is 507 g/mol. The molecule has 1 fully saturated rings. The maximum absolute atomic E-state index is 11.3. The Kier molecular flexibility index (Phi) is 12.0. The van der Waals surface area contributed by atoms with Crippen LogP contribution in [-0.4, -0.2) is 53.5 Å². The molecule has 1 heterocycles. The summed E-state index contributed by atoms with van der Waals surface area (Å²) in [6.07, 6.45) is 0. The summed E-state index contributed by atoms with van der Waals surface area (Å²) >= 11 is 0. The van der Waals surface area contributed by atoms with Crippen LogP contribution in [0.3, 0.4) is 0 Å². The Hall–Kier alpha value is -2.68. The van der Waals surface area contributed by atoms with E-state index in [1.54, 1.807) is 12.1 Å². The van der Waals surface area contributed by atoms with E-state index in [2.05, 4.69) is 70.5 Å². The highest BCUT2D eigenvalue weighted by Crippen LogP contribution is 2.31. The average Bonchev–Trinajstić information content (AvgIpc) is 2.82. The van der Waals surface area contributed by atoms with E-state index in [9.17, 15) is 10.1 Å². The Morgan fingerprint density at radius 2 is 1.41 bits per heavy atom. The molecule has 3 aromatic carbocycles. The molecule has 9 heteroatoms. The zero-order valence-electron chi connectivity index (χ0n) is 19.0. The Bertz CT molecular complexity index is 978. The Labute approximate surface area is 212 Å². The molecule has 4 rings (SSSR count). The lowest BCUT2D eigenvalue weighted by atomic mass is 9.96. The van der Waals surface area contributed by atoms with E-state index < -0.39 is 0 Å². The van der Waals surface area contributed by atoms with Gasteiger partial charge in [0.1, 0.15) is 0 Å². The van der Waals surface area contributed by atoms with Gasteiger partial charge < -0.3 is 10.2 Å². The van der Waals surface area contributed by atoms with Crippen molar-refractivity contribution < 1.29 is 15.1 Å². The van der Waals surface area contributed by atoms with Crippen molar-refractivity contribution in [1.82, 2.24) is 9.80 Å². The van der Waals surface area contributed by atoms with Gasteiger partial charge >= 0.3 is 5.69 Å². The number of methoxy groups -OCH3 is 1. The van der Waals surface area contributed by atoms with E-state index >= 15 is 0 Å². The molecule has 0 saturated carbocycles. The van der Waals surface area contributed by atoms with Crippen LogP contribution in [0.5, 0.6) is 5.75 Å². The van der Waals surface area contributed by atoms with E-state index in [1.165, 1.54) is 18.2 Å². The lowest BCUT2D eigenvalue weighted by Crippen LogP contribution is -2.47. The normalized spacial score (nSPS) is 13.8. The van der Waals surface area contributed by atoms with Gasteiger partial charge in [-0.15, -0.1) is 24.8 Å². The number of hydrogen-bond donors (Lipinski definition) is 0. The number of ether oxygens (including phenoxy) is 1. The van der Waals surface area contributed by atoms with Gasteiger partial charge in [0.2, 0.25) is 0 Å². The van der Waals surface area contributed by atoms with Gasteiger partial charge in [0.05, 0.1) is 18.1 Å². The topological polar surface area (TPSA) is 90.3 Å². The number of rotatable bonds is 7. The molecule has 1 saturated heterocycles. The number of hydrogen-bond acceptors (Lipinski definition) is 5. The third-order valence-electron chi connectivity index (χ3n) is 5.85. The van der Waals surface area contributed by atoms with Gasteiger partial charge in [-0.05, 0) is 22.8 Å². The van der Waals surface area contributed by atoms with Crippen molar-refractivity contribution in [3.05, 3.63) is 106 Å². The molecule has 0 radical (unpaired) electrons. The van der Waals surface area contributed by atoms with E-state index in [-0.39, 0.29) is 46.9 Å². The van der Waals surface area contributed by atoms with Crippen LogP contribution in [0.2, 0.25) is 0 Å². The summed E-state index contributed by atoms with van der Waals surface area (Å²) in [6, 6.07) is 26.7. The van der Waals surface area contributed by atoms with E-state index in [0.717, 1.165) is 31.7 Å². The molecule has 1 aliphatic rings. The SMILES string of the molecule is COc1ccc(CN2CCN(C(c3ccccc3)c3ccccc3)CC2)cc1[N+](=O)[O-].Cl.Cl.O. The quantitative estimate of drug-likeness (QED) is 0.346. The van der Waals surface area contributed by atoms with Crippen molar-refractivity contribution in [2.24, 2.45) is 0 Å². The largest absolute Gasteiger partial charge is 0.490 e. The minimum atomic E-state index is -0.384. The van der Waals surface area contributed by atoms with Crippen LogP contribution in [-0.2, 0) is 6.54 Å². The van der Waals surface area contributed by atoms with Crippen LogP contribution in [0.15, 0.2) is 78.9 Å². The first-order chi connectivity index (χ1) is 15.2. The molecule has 0 aromatic heterocycles. The molecule has 0 amide bonds. The van der Waals surface area contributed by atoms with Crippen molar-refractivity contribution in [2.75, 3.05) is 33.3 Å². The molecule has 0 bridgehead atoms. The first-order valence-electron chi connectivity index (χ1n) is 10.5. The average molecular weight is 508 g/mol. The van der Waals surface area contributed by atoms with Crippen molar-refractivity contribution in [3.8, 4) is 5.75 Å². The van der Waals surface area contributed by atoms with Gasteiger partial charge in [0.25, 0.3) is 0 Å². The Morgan fingerprint density at radius 1 is 0.882 bits per heavy atom. The Balaban J connectivity index is 0.00000193. The number of halogens is 2. The first kappa shape index (κ1) is 29.4. The molecule has 0 unspecified atom stereocenters. The van der Waals surface area contributed by atoms with E-state index in [4.69, 9.17) is 4.74 Å². The molecular weight excluding hydrogens is 477 g/mol. The highest BCUT2D eigenvalue weighted by molar-refractivity contribution is 5.85. The van der Waals surface area contributed by atoms with Crippen LogP contribution < -0.4 is 4.74 Å². The highest BCUT2D eigenvalue weighted by atomic mass is 35.5. The van der Waals surface area contributed by atoms with Gasteiger partial charge in [-0.25, -0.2) is 0 Å². The maximum atomic E-state index is 11.3. The molecule has 2 N–H and O–H groups in total. The third-order valence-corrected chi connectivity index (χ3v) is 5.85. The lowest BCUT2D eigenvalue weighted by Gasteiger charge is -2.39. The molecule has 3 aromatic rings. The van der Waals surface area contributed by atoms with Crippen molar-refractivity contribution in [3.63, 3.8) is 0 Å². The predicted molar refractivity (Wildman–Crippen MR) is 139 cm³/mol. The van der Waals surface area contributed by atoms with Gasteiger partial charge in [0.15, 0.2) is 5.75 Å². The van der Waals surface area contributed by atoms with Crippen molar-refractivity contribution in [2.45, 2.75) is 12.6 Å². The second kappa shape index (κ2) is 13.9. The fraction of sp³-hybridized carbons (Fsp3) is 0.280. The first-order valence-corrected chi connectivity index (χ1v) is 10.5. The number of nitro groups is 1. The van der Waals surface area contributed by atoms with Crippen LogP contribution in [0.4, 0.5) is 5.69 Å². The van der Waals surface area contributed by atoms with Gasteiger partial charge in [-0.3, -0.25) is 19.9 Å². The second-order valence-electron chi connectivity index (χ2n) is 7.80. The molecule has 184 valence electrons. The van der Waals surface area contributed by atoms with Gasteiger partial charge in [-0.2, -0.15) is 0 Å². The zero-order chi connectivity index (χ0) is 21.6. The van der Waals surface area contributed by atoms with Crippen LogP contribution in [0.25, 0.3) is 0 Å². The minimum absolute atomic E-state index is 0. The fourth-order valence-corrected chi connectivity index (χ4v) is 4.30. The van der Waals surface area contributed by atoms with Crippen LogP contribution >= 0.6 is 24.8 Å². The number of benzene rings is 3. The predicted octanol–water partition coefficient (Wildman–Crippen LogP) is 4.53. The minimum Gasteiger partial charge on any atom is -0.490 e. The third kappa shape index (κ3) is 6.91. The number of nitro benzene ring substituents is 1.